The predicted molar refractivity (Wildman–Crippen MR) is 135 cm³/mol. The van der Waals surface area contributed by atoms with Gasteiger partial charge < -0.3 is 15.7 Å². The number of amides is 3. The molecule has 2 aromatic carbocycles. The van der Waals surface area contributed by atoms with Crippen LogP contribution in [-0.2, 0) is 10.5 Å². The van der Waals surface area contributed by atoms with Gasteiger partial charge in [0.2, 0.25) is 0 Å². The van der Waals surface area contributed by atoms with Crippen molar-refractivity contribution in [2.45, 2.75) is 57.3 Å². The van der Waals surface area contributed by atoms with Crippen LogP contribution in [0.2, 0.25) is 10.0 Å². The minimum Gasteiger partial charge on any atom is -0.359 e. The van der Waals surface area contributed by atoms with E-state index in [0.717, 1.165) is 17.9 Å². The van der Waals surface area contributed by atoms with Crippen molar-refractivity contribution in [2.24, 2.45) is 0 Å². The van der Waals surface area contributed by atoms with Gasteiger partial charge >= 0.3 is 6.03 Å². The minimum atomic E-state index is -2.26. The summed E-state index contributed by atoms with van der Waals surface area (Å²) in [5.74, 6) is -0.680. The summed E-state index contributed by atoms with van der Waals surface area (Å²) in [6.45, 7) is 5.71. The van der Waals surface area contributed by atoms with E-state index in [2.05, 4.69) is 29.4 Å². The van der Waals surface area contributed by atoms with Crippen LogP contribution in [0.3, 0.4) is 0 Å². The first-order chi connectivity index (χ1) is 16.2. The van der Waals surface area contributed by atoms with Crippen LogP contribution < -0.4 is 15.5 Å². The van der Waals surface area contributed by atoms with Gasteiger partial charge in [-0.2, -0.15) is 0 Å². The molecular weight excluding hydrogens is 475 g/mol. The first-order valence-corrected chi connectivity index (χ1v) is 12.4. The maximum absolute atomic E-state index is 13.5. The van der Waals surface area contributed by atoms with Gasteiger partial charge in [0.15, 0.2) is 0 Å². The van der Waals surface area contributed by atoms with Crippen molar-refractivity contribution in [1.82, 2.24) is 10.2 Å². The van der Waals surface area contributed by atoms with Crippen molar-refractivity contribution in [3.05, 3.63) is 58.1 Å². The largest absolute Gasteiger partial charge is 0.359 e. The third kappa shape index (κ3) is 4.62. The summed E-state index contributed by atoms with van der Waals surface area (Å²) in [6, 6.07) is 11.6. The second kappa shape index (κ2) is 10.1. The molecule has 3 atom stereocenters. The monoisotopic (exact) mass is 504 g/mol. The van der Waals surface area contributed by atoms with E-state index in [9.17, 15) is 14.7 Å². The highest BCUT2D eigenvalue weighted by atomic mass is 35.5. The third-order valence-corrected chi connectivity index (χ3v) is 7.54. The molecule has 2 aliphatic rings. The number of urea groups is 1. The van der Waals surface area contributed by atoms with Gasteiger partial charge in [-0.05, 0) is 57.4 Å². The van der Waals surface area contributed by atoms with Crippen molar-refractivity contribution in [2.75, 3.05) is 23.3 Å². The fourth-order valence-corrected chi connectivity index (χ4v) is 5.28. The molecule has 0 bridgehead atoms. The lowest BCUT2D eigenvalue weighted by Crippen LogP contribution is -2.62. The van der Waals surface area contributed by atoms with Gasteiger partial charge in [0, 0.05) is 30.7 Å². The number of hydrogen-bond donors (Lipinski definition) is 3. The van der Waals surface area contributed by atoms with Crippen molar-refractivity contribution >= 4 is 46.5 Å². The molecule has 2 aromatic rings. The van der Waals surface area contributed by atoms with Gasteiger partial charge in [-0.1, -0.05) is 47.8 Å². The molecule has 9 heteroatoms. The summed E-state index contributed by atoms with van der Waals surface area (Å²) in [5.41, 5.74) is -1.37. The Morgan fingerprint density at radius 2 is 1.85 bits per heavy atom. The summed E-state index contributed by atoms with van der Waals surface area (Å²) < 4.78 is 0. The quantitative estimate of drug-likeness (QED) is 0.485. The number of aliphatic hydroxyl groups is 1. The zero-order valence-electron chi connectivity index (χ0n) is 19.4. The number of hydrogen-bond acceptors (Lipinski definition) is 4. The van der Waals surface area contributed by atoms with Crippen molar-refractivity contribution in [3.63, 3.8) is 0 Å². The number of nitrogens with one attached hydrogen (secondary N) is 2. The Bertz CT molecular complexity index is 1070. The Morgan fingerprint density at radius 1 is 1.15 bits per heavy atom. The summed E-state index contributed by atoms with van der Waals surface area (Å²) in [7, 11) is 0. The molecule has 3 N–H and O–H groups in total. The number of carbonyl (C=O) groups is 2. The molecular formula is C25H30Cl2N4O3. The molecule has 34 heavy (non-hydrogen) atoms. The smallest absolute Gasteiger partial charge is 0.329 e. The molecule has 3 unspecified atom stereocenters. The van der Waals surface area contributed by atoms with E-state index in [-0.39, 0.29) is 16.3 Å². The molecule has 0 aliphatic carbocycles. The average Bonchev–Trinajstić information content (AvgIpc) is 2.80. The number of halogens is 2. The molecule has 7 nitrogen and oxygen atoms in total. The SMILES string of the molecule is CC1CCCC(C)N1CCCNC(=O)C1(O)c2ccccc2NC(=O)N1c1ccc(Cl)c(Cl)c1. The normalized spacial score (nSPS) is 25.0. The highest BCUT2D eigenvalue weighted by Crippen LogP contribution is 2.41. The topological polar surface area (TPSA) is 84.9 Å². The van der Waals surface area contributed by atoms with Crippen LogP contribution in [0.1, 0.15) is 45.1 Å². The van der Waals surface area contributed by atoms with E-state index in [0.29, 0.717) is 29.3 Å². The Labute approximate surface area is 210 Å². The van der Waals surface area contributed by atoms with Gasteiger partial charge in [0.1, 0.15) is 0 Å². The molecule has 2 heterocycles. The number of para-hydroxylation sites is 1. The first kappa shape index (κ1) is 24.8. The average molecular weight is 505 g/mol. The second-order valence-corrected chi connectivity index (χ2v) is 9.87. The zero-order chi connectivity index (χ0) is 24.5. The Kier molecular flexibility index (Phi) is 7.38. The number of piperidine rings is 1. The van der Waals surface area contributed by atoms with Gasteiger partial charge in [0.25, 0.3) is 11.6 Å². The van der Waals surface area contributed by atoms with Crippen molar-refractivity contribution < 1.29 is 14.7 Å². The molecule has 1 saturated heterocycles. The summed E-state index contributed by atoms with van der Waals surface area (Å²) >= 11 is 12.2. The number of nitrogens with zero attached hydrogens (tertiary/aromatic N) is 2. The molecule has 0 aromatic heterocycles. The Hall–Kier alpha value is -2.32. The number of likely N-dealkylation sites (tertiary alicyclic amines) is 1. The van der Waals surface area contributed by atoms with Gasteiger partial charge in [-0.15, -0.1) is 0 Å². The second-order valence-electron chi connectivity index (χ2n) is 9.06. The lowest BCUT2D eigenvalue weighted by atomic mass is 9.94. The van der Waals surface area contributed by atoms with Gasteiger partial charge in [0.05, 0.1) is 21.4 Å². The molecule has 1 fully saturated rings. The van der Waals surface area contributed by atoms with E-state index < -0.39 is 17.7 Å². The minimum absolute atomic E-state index is 0.207. The van der Waals surface area contributed by atoms with Crippen LogP contribution in [0.15, 0.2) is 42.5 Å². The van der Waals surface area contributed by atoms with E-state index in [1.807, 2.05) is 0 Å². The zero-order valence-corrected chi connectivity index (χ0v) is 20.9. The molecule has 0 saturated carbocycles. The molecule has 182 valence electrons. The highest BCUT2D eigenvalue weighted by molar-refractivity contribution is 6.42. The molecule has 0 spiro atoms. The van der Waals surface area contributed by atoms with Crippen LogP contribution in [0.25, 0.3) is 0 Å². The number of rotatable bonds is 6. The third-order valence-electron chi connectivity index (χ3n) is 6.80. The lowest BCUT2D eigenvalue weighted by Gasteiger charge is -2.42. The van der Waals surface area contributed by atoms with Gasteiger partial charge in [-0.25, -0.2) is 4.79 Å². The maximum Gasteiger partial charge on any atom is 0.329 e. The standard InChI is InChI=1S/C25H30Cl2N4O3/c1-16-7-5-8-17(2)30(16)14-6-13-28-23(32)25(34)19-9-3-4-10-22(19)29-24(33)31(25)18-11-12-20(26)21(27)15-18/h3-4,9-12,15-17,34H,5-8,13-14H2,1-2H3,(H,28,32)(H,29,33). The summed E-state index contributed by atoms with van der Waals surface area (Å²) in [4.78, 5) is 30.0. The first-order valence-electron chi connectivity index (χ1n) is 11.7. The van der Waals surface area contributed by atoms with Crippen LogP contribution in [0.4, 0.5) is 16.2 Å². The highest BCUT2D eigenvalue weighted by Gasteiger charge is 2.51. The lowest BCUT2D eigenvalue weighted by molar-refractivity contribution is -0.140. The summed E-state index contributed by atoms with van der Waals surface area (Å²) in [5, 5.41) is 17.9. The van der Waals surface area contributed by atoms with E-state index in [1.54, 1.807) is 30.3 Å². The number of fused-ring (bicyclic) bond motifs is 1. The van der Waals surface area contributed by atoms with Crippen molar-refractivity contribution in [3.8, 4) is 0 Å². The van der Waals surface area contributed by atoms with Crippen LogP contribution in [0.5, 0.6) is 0 Å². The van der Waals surface area contributed by atoms with Crippen LogP contribution >= 0.6 is 23.2 Å². The Morgan fingerprint density at radius 3 is 2.56 bits per heavy atom. The fourth-order valence-electron chi connectivity index (χ4n) is 4.99. The molecule has 3 amide bonds. The molecule has 2 aliphatic heterocycles. The van der Waals surface area contributed by atoms with Crippen molar-refractivity contribution in [1.29, 1.82) is 0 Å². The van der Waals surface area contributed by atoms with Gasteiger partial charge in [-0.3, -0.25) is 14.6 Å². The molecule has 0 radical (unpaired) electrons. The molecule has 4 rings (SSSR count). The fraction of sp³-hybridized carbons (Fsp3) is 0.440. The predicted octanol–water partition coefficient (Wildman–Crippen LogP) is 4.96. The van der Waals surface area contributed by atoms with E-state index in [1.165, 1.54) is 31.4 Å². The number of carbonyl (C=O) groups excluding carboxylic acids is 2. The Balaban J connectivity index is 1.57. The maximum atomic E-state index is 13.5. The summed E-state index contributed by atoms with van der Waals surface area (Å²) in [6.07, 6.45) is 4.34. The van der Waals surface area contributed by atoms with E-state index >= 15 is 0 Å². The number of anilines is 2. The van der Waals surface area contributed by atoms with Crippen LogP contribution in [-0.4, -0.2) is 47.1 Å². The van der Waals surface area contributed by atoms with Crippen LogP contribution in [0, 0.1) is 0 Å². The number of benzene rings is 2. The van der Waals surface area contributed by atoms with E-state index in [4.69, 9.17) is 23.2 Å².